The molecule has 5 nitrogen and oxygen atoms in total. The van der Waals surface area contributed by atoms with Gasteiger partial charge in [0.1, 0.15) is 5.82 Å². The van der Waals surface area contributed by atoms with Crippen LogP contribution in [0.4, 0.5) is 0 Å². The molecule has 10 rings (SSSR count). The number of pyridine rings is 1. The molecule has 0 aliphatic rings. The molecule has 372 valence electrons. The van der Waals surface area contributed by atoms with E-state index in [0.29, 0.717) is 11.5 Å². The average molecular weight is 1140 g/mol. The van der Waals surface area contributed by atoms with Gasteiger partial charge in [-0.2, -0.15) is 17.7 Å². The van der Waals surface area contributed by atoms with Crippen LogP contribution in [-0.2, 0) is 48.1 Å². The molecule has 0 aliphatic carbocycles. The van der Waals surface area contributed by atoms with Crippen molar-refractivity contribution in [1.82, 2.24) is 14.1 Å². The van der Waals surface area contributed by atoms with Crippen LogP contribution >= 0.6 is 0 Å². The first-order valence-electron chi connectivity index (χ1n) is 25.3. The summed E-state index contributed by atoms with van der Waals surface area (Å²) in [5.74, 6) is 2.04. The van der Waals surface area contributed by atoms with Crippen molar-refractivity contribution in [2.45, 2.75) is 110 Å². The first kappa shape index (κ1) is 51.1. The SMILES string of the molecule is CC(C)(C)c1cc(Oc2[c-]c3c(cc2)c2ccccc2n3-c2cc(C(C)(C)C)ccn2)[c-]c(-n2[c-][n+](-c3cc(C(C)(C)c4ccccc4)cc(C(C)(C)c4ccccc4)c3)c(C(C)(C)c3ccccc3)c2)c1.[Pt]. The van der Waals surface area contributed by atoms with Crippen molar-refractivity contribution >= 4 is 21.8 Å². The Morgan fingerprint density at radius 2 is 1.01 bits per heavy atom. The van der Waals surface area contributed by atoms with E-state index in [4.69, 9.17) is 9.72 Å². The summed E-state index contributed by atoms with van der Waals surface area (Å²) in [4.78, 5) is 4.91. The normalized spacial score (nSPS) is 12.5. The summed E-state index contributed by atoms with van der Waals surface area (Å²) in [6, 6.07) is 68.4. The van der Waals surface area contributed by atoms with Gasteiger partial charge in [-0.15, -0.1) is 29.7 Å². The van der Waals surface area contributed by atoms with Crippen molar-refractivity contribution in [1.29, 1.82) is 0 Å². The fourth-order valence-electron chi connectivity index (χ4n) is 10.1. The fraction of sp³-hybridized carbons (Fsp3) is 0.254. The molecule has 3 heterocycles. The summed E-state index contributed by atoms with van der Waals surface area (Å²) < 4.78 is 13.5. The van der Waals surface area contributed by atoms with Gasteiger partial charge in [0.05, 0.1) is 11.4 Å². The Morgan fingerprint density at radius 3 is 1.59 bits per heavy atom. The van der Waals surface area contributed by atoms with Crippen molar-refractivity contribution < 1.29 is 30.4 Å². The molecule has 10 aromatic rings. The number of benzene rings is 7. The number of hydrogen-bond donors (Lipinski definition) is 0. The average Bonchev–Trinajstić information content (AvgIpc) is 3.98. The van der Waals surface area contributed by atoms with Gasteiger partial charge in [0.25, 0.3) is 6.33 Å². The summed E-state index contributed by atoms with van der Waals surface area (Å²) in [6.07, 6.45) is 8.05. The first-order valence-corrected chi connectivity index (χ1v) is 25.3. The zero-order valence-corrected chi connectivity index (χ0v) is 46.6. The topological polar surface area (TPSA) is 35.9 Å². The van der Waals surface area contributed by atoms with E-state index < -0.39 is 5.41 Å². The van der Waals surface area contributed by atoms with Crippen molar-refractivity contribution in [3.8, 4) is 28.7 Å². The standard InChI is InChI=1S/C67H66N4O.Pt/c1-63(2,3)49-34-35-68-62(41-49)71-59-31-23-22-30-57(59)58-33-32-55(43-60(58)71)72-56-40-50(64(4,5)6)37-53(42-56)69-44-61(67(11,12)48-28-20-15-21-29-48)70(45-69)54-38-51(65(7,8)46-24-16-13-17-25-46)36-52(39-54)66(9,10)47-26-18-14-19-27-47;/h13-41,44H,1-12H3;/q-2;. The molecule has 3 aromatic heterocycles. The molecule has 0 amide bonds. The maximum atomic E-state index is 6.92. The second-order valence-electron chi connectivity index (χ2n) is 23.1. The summed E-state index contributed by atoms with van der Waals surface area (Å²) in [5.41, 5.74) is 12.1. The molecule has 0 saturated heterocycles. The molecule has 0 radical (unpaired) electrons. The minimum absolute atomic E-state index is 0. The van der Waals surface area contributed by atoms with E-state index in [9.17, 15) is 0 Å². The van der Waals surface area contributed by atoms with Crippen molar-refractivity contribution in [3.63, 3.8) is 0 Å². The van der Waals surface area contributed by atoms with E-state index in [0.717, 1.165) is 50.3 Å². The van der Waals surface area contributed by atoms with E-state index in [1.54, 1.807) is 0 Å². The Balaban J connectivity index is 0.00000656. The zero-order valence-electron chi connectivity index (χ0n) is 44.3. The minimum Gasteiger partial charge on any atom is -0.510 e. The molecule has 6 heteroatoms. The summed E-state index contributed by atoms with van der Waals surface area (Å²) in [5, 5.41) is 2.22. The minimum atomic E-state index is -0.436. The predicted octanol–water partition coefficient (Wildman–Crippen LogP) is 16.0. The van der Waals surface area contributed by atoms with Gasteiger partial charge in [0.2, 0.25) is 0 Å². The van der Waals surface area contributed by atoms with E-state index >= 15 is 0 Å². The molecule has 0 saturated carbocycles. The molecule has 0 atom stereocenters. The molecular weight excluding hydrogens is 1070 g/mol. The van der Waals surface area contributed by atoms with Crippen LogP contribution in [0.2, 0.25) is 0 Å². The third-order valence-corrected chi connectivity index (χ3v) is 15.0. The van der Waals surface area contributed by atoms with Gasteiger partial charge in [0.15, 0.2) is 0 Å². The van der Waals surface area contributed by atoms with Crippen LogP contribution in [0, 0.1) is 18.5 Å². The molecule has 0 N–H and O–H groups in total. The maximum Gasteiger partial charge on any atom is 0.267 e. The summed E-state index contributed by atoms with van der Waals surface area (Å²) in [6.45, 7) is 27.4. The van der Waals surface area contributed by atoms with Crippen molar-refractivity contribution in [2.75, 3.05) is 0 Å². The summed E-state index contributed by atoms with van der Waals surface area (Å²) in [7, 11) is 0. The van der Waals surface area contributed by atoms with Crippen LogP contribution in [0.25, 0.3) is 39.0 Å². The molecule has 0 spiro atoms. The molecule has 0 unspecified atom stereocenters. The third kappa shape index (κ3) is 9.77. The monoisotopic (exact) mass is 1140 g/mol. The maximum absolute atomic E-state index is 6.92. The third-order valence-electron chi connectivity index (χ3n) is 15.0. The molecule has 7 aromatic carbocycles. The van der Waals surface area contributed by atoms with Gasteiger partial charge in [-0.25, -0.2) is 4.98 Å². The fourth-order valence-corrected chi connectivity index (χ4v) is 10.1. The van der Waals surface area contributed by atoms with Crippen molar-refractivity contribution in [3.05, 3.63) is 245 Å². The Labute approximate surface area is 447 Å². The van der Waals surface area contributed by atoms with Gasteiger partial charge in [0, 0.05) is 66.7 Å². The second-order valence-corrected chi connectivity index (χ2v) is 23.1. The first-order chi connectivity index (χ1) is 34.2. The number of rotatable bonds is 11. The van der Waals surface area contributed by atoms with E-state index in [2.05, 4.69) is 285 Å². The molecule has 73 heavy (non-hydrogen) atoms. The number of nitrogens with zero attached hydrogens (tertiary/aromatic N) is 4. The Hall–Kier alpha value is -6.81. The number of ether oxygens (including phenoxy) is 1. The van der Waals surface area contributed by atoms with Gasteiger partial charge in [-0.3, -0.25) is 4.57 Å². The second kappa shape index (κ2) is 19.2. The number of aromatic nitrogens is 4. The number of fused-ring (bicyclic) bond motifs is 3. The Bertz CT molecular complexity index is 3520. The van der Waals surface area contributed by atoms with E-state index in [1.807, 2.05) is 12.3 Å². The quantitative estimate of drug-likeness (QED) is 0.0956. The van der Waals surface area contributed by atoms with Crippen LogP contribution in [-0.4, -0.2) is 14.1 Å². The molecule has 0 bridgehead atoms. The zero-order chi connectivity index (χ0) is 50.8. The molecular formula is C67H66N4OPt-2. The molecule has 0 aliphatic heterocycles. The largest absolute Gasteiger partial charge is 0.510 e. The Morgan fingerprint density at radius 1 is 0.466 bits per heavy atom. The van der Waals surface area contributed by atoms with Crippen LogP contribution in [0.5, 0.6) is 11.5 Å². The smallest absolute Gasteiger partial charge is 0.267 e. The predicted molar refractivity (Wildman–Crippen MR) is 296 cm³/mol. The number of para-hydroxylation sites is 1. The van der Waals surface area contributed by atoms with Crippen LogP contribution < -0.4 is 9.30 Å². The van der Waals surface area contributed by atoms with Crippen LogP contribution in [0.3, 0.4) is 0 Å². The van der Waals surface area contributed by atoms with Crippen molar-refractivity contribution in [2.24, 2.45) is 0 Å². The van der Waals surface area contributed by atoms with Crippen LogP contribution in [0.15, 0.2) is 182 Å². The molecule has 0 fully saturated rings. The summed E-state index contributed by atoms with van der Waals surface area (Å²) >= 11 is 0. The van der Waals surface area contributed by atoms with Gasteiger partial charge in [-0.1, -0.05) is 204 Å². The van der Waals surface area contributed by atoms with E-state index in [1.165, 1.54) is 33.4 Å². The van der Waals surface area contributed by atoms with Gasteiger partial charge < -0.3 is 13.9 Å². The Kier molecular flexibility index (Phi) is 13.5. The van der Waals surface area contributed by atoms with E-state index in [-0.39, 0.29) is 42.7 Å². The number of imidazole rings is 1. The van der Waals surface area contributed by atoms with Gasteiger partial charge >= 0.3 is 0 Å². The number of hydrogen-bond acceptors (Lipinski definition) is 2. The van der Waals surface area contributed by atoms with Crippen LogP contribution in [0.1, 0.15) is 128 Å². The van der Waals surface area contributed by atoms with Gasteiger partial charge in [-0.05, 0) is 85.6 Å².